The van der Waals surface area contributed by atoms with Crippen LogP contribution < -0.4 is 0 Å². The Kier molecular flexibility index (Phi) is 4.18. The summed E-state index contributed by atoms with van der Waals surface area (Å²) in [5, 5.41) is -0.0105. The van der Waals surface area contributed by atoms with E-state index in [1.54, 1.807) is 0 Å². The van der Waals surface area contributed by atoms with Crippen LogP contribution >= 0.6 is 11.6 Å². The Bertz CT molecular complexity index is 686. The molecule has 0 bridgehead atoms. The van der Waals surface area contributed by atoms with Crippen LogP contribution in [0.15, 0.2) is 36.5 Å². The molecule has 110 valence electrons. The quantitative estimate of drug-likeness (QED) is 0.615. The fourth-order valence-electron chi connectivity index (χ4n) is 1.89. The molecule has 0 amide bonds. The SMILES string of the molecule is COC(=O)c1cc(Cl)ncc1-c1ccccc1C(F)(F)F. The number of benzene rings is 1. The van der Waals surface area contributed by atoms with E-state index in [2.05, 4.69) is 9.72 Å². The van der Waals surface area contributed by atoms with Gasteiger partial charge >= 0.3 is 12.1 Å². The molecule has 0 saturated carbocycles. The molecular weight excluding hydrogens is 307 g/mol. The van der Waals surface area contributed by atoms with Crippen LogP contribution in [0.1, 0.15) is 15.9 Å². The molecule has 3 nitrogen and oxygen atoms in total. The number of esters is 1. The number of hydrogen-bond acceptors (Lipinski definition) is 3. The van der Waals surface area contributed by atoms with Gasteiger partial charge in [-0.05, 0) is 17.7 Å². The van der Waals surface area contributed by atoms with Gasteiger partial charge < -0.3 is 4.74 Å². The maximum Gasteiger partial charge on any atom is 0.417 e. The molecule has 0 unspecified atom stereocenters. The van der Waals surface area contributed by atoms with E-state index in [9.17, 15) is 18.0 Å². The third kappa shape index (κ3) is 3.16. The first kappa shape index (κ1) is 15.3. The molecule has 2 aromatic rings. The Morgan fingerprint density at radius 3 is 2.52 bits per heavy atom. The first-order valence-corrected chi connectivity index (χ1v) is 6.13. The molecule has 1 heterocycles. The third-order valence-corrected chi connectivity index (χ3v) is 3.01. The number of rotatable bonds is 2. The van der Waals surface area contributed by atoms with Crippen molar-refractivity contribution in [3.63, 3.8) is 0 Å². The van der Waals surface area contributed by atoms with Gasteiger partial charge in [-0.2, -0.15) is 13.2 Å². The molecule has 0 aliphatic heterocycles. The number of aromatic nitrogens is 1. The predicted octanol–water partition coefficient (Wildman–Crippen LogP) is 4.21. The van der Waals surface area contributed by atoms with Crippen LogP contribution in [0.4, 0.5) is 13.2 Å². The zero-order valence-electron chi connectivity index (χ0n) is 10.7. The van der Waals surface area contributed by atoms with Crippen molar-refractivity contribution in [1.29, 1.82) is 0 Å². The minimum atomic E-state index is -4.55. The van der Waals surface area contributed by atoms with Crippen molar-refractivity contribution < 1.29 is 22.7 Å². The molecule has 21 heavy (non-hydrogen) atoms. The van der Waals surface area contributed by atoms with E-state index >= 15 is 0 Å². The summed E-state index contributed by atoms with van der Waals surface area (Å²) in [6, 6.07) is 6.09. The summed E-state index contributed by atoms with van der Waals surface area (Å²) < 4.78 is 43.8. The number of halogens is 4. The summed E-state index contributed by atoms with van der Waals surface area (Å²) in [5.41, 5.74) is -1.08. The maximum atomic E-state index is 13.1. The molecule has 1 aromatic heterocycles. The van der Waals surface area contributed by atoms with Gasteiger partial charge in [0.2, 0.25) is 0 Å². The van der Waals surface area contributed by atoms with Gasteiger partial charge in [-0.1, -0.05) is 29.8 Å². The second kappa shape index (κ2) is 5.73. The van der Waals surface area contributed by atoms with E-state index in [0.29, 0.717) is 0 Å². The largest absolute Gasteiger partial charge is 0.465 e. The highest BCUT2D eigenvalue weighted by molar-refractivity contribution is 6.29. The molecule has 0 aliphatic rings. The van der Waals surface area contributed by atoms with Gasteiger partial charge in [0.05, 0.1) is 18.2 Å². The van der Waals surface area contributed by atoms with E-state index in [1.165, 1.54) is 24.3 Å². The Hall–Kier alpha value is -2.08. The van der Waals surface area contributed by atoms with Crippen molar-refractivity contribution in [3.8, 4) is 11.1 Å². The van der Waals surface area contributed by atoms with Crippen LogP contribution in [0.2, 0.25) is 5.15 Å². The van der Waals surface area contributed by atoms with E-state index in [-0.39, 0.29) is 21.8 Å². The molecule has 0 N–H and O–H groups in total. The fourth-order valence-corrected chi connectivity index (χ4v) is 2.05. The molecule has 0 aliphatic carbocycles. The molecule has 2 rings (SSSR count). The minimum absolute atomic E-state index is 0.0105. The molecule has 0 fully saturated rings. The number of hydrogen-bond donors (Lipinski definition) is 0. The van der Waals surface area contributed by atoms with Gasteiger partial charge in [0.1, 0.15) is 5.15 Å². The minimum Gasteiger partial charge on any atom is -0.465 e. The highest BCUT2D eigenvalue weighted by atomic mass is 35.5. The van der Waals surface area contributed by atoms with Crippen LogP contribution in [0.5, 0.6) is 0 Å². The van der Waals surface area contributed by atoms with E-state index in [4.69, 9.17) is 11.6 Å². The first-order chi connectivity index (χ1) is 9.84. The standard InChI is InChI=1S/C14H9ClF3NO2/c1-21-13(20)9-6-12(15)19-7-10(9)8-4-2-3-5-11(8)14(16,17)18/h2-7H,1H3. The molecule has 0 radical (unpaired) electrons. The van der Waals surface area contributed by atoms with E-state index in [0.717, 1.165) is 19.4 Å². The topological polar surface area (TPSA) is 39.2 Å². The first-order valence-electron chi connectivity index (χ1n) is 5.75. The van der Waals surface area contributed by atoms with Crippen molar-refractivity contribution in [2.75, 3.05) is 7.11 Å². The molecule has 1 aromatic carbocycles. The van der Waals surface area contributed by atoms with Crippen molar-refractivity contribution in [2.45, 2.75) is 6.18 Å². The fraction of sp³-hybridized carbons (Fsp3) is 0.143. The number of carbonyl (C=O) groups is 1. The van der Waals surface area contributed by atoms with Crippen LogP contribution in [0.3, 0.4) is 0 Å². The van der Waals surface area contributed by atoms with Gasteiger partial charge in [0.25, 0.3) is 0 Å². The zero-order valence-corrected chi connectivity index (χ0v) is 11.5. The van der Waals surface area contributed by atoms with Crippen molar-refractivity contribution in [3.05, 3.63) is 52.8 Å². The lowest BCUT2D eigenvalue weighted by Gasteiger charge is -2.14. The smallest absolute Gasteiger partial charge is 0.417 e. The zero-order chi connectivity index (χ0) is 15.6. The number of methoxy groups -OCH3 is 1. The molecular formula is C14H9ClF3NO2. The lowest BCUT2D eigenvalue weighted by Crippen LogP contribution is -2.10. The maximum absolute atomic E-state index is 13.1. The Balaban J connectivity index is 2.71. The number of carbonyl (C=O) groups excluding carboxylic acids is 1. The van der Waals surface area contributed by atoms with Crippen LogP contribution in [0, 0.1) is 0 Å². The van der Waals surface area contributed by atoms with Crippen LogP contribution in [0.25, 0.3) is 11.1 Å². The lowest BCUT2D eigenvalue weighted by atomic mass is 9.97. The summed E-state index contributed by atoms with van der Waals surface area (Å²) in [5.74, 6) is -0.786. The van der Waals surface area contributed by atoms with Crippen molar-refractivity contribution >= 4 is 17.6 Å². The van der Waals surface area contributed by atoms with Crippen LogP contribution in [-0.4, -0.2) is 18.1 Å². The normalized spacial score (nSPS) is 11.3. The van der Waals surface area contributed by atoms with Crippen molar-refractivity contribution in [2.24, 2.45) is 0 Å². The molecule has 7 heteroatoms. The number of ether oxygens (including phenoxy) is 1. The van der Waals surface area contributed by atoms with E-state index in [1.807, 2.05) is 0 Å². The number of pyridine rings is 1. The number of nitrogens with zero attached hydrogens (tertiary/aromatic N) is 1. The molecule has 0 saturated heterocycles. The number of alkyl halides is 3. The Morgan fingerprint density at radius 2 is 1.90 bits per heavy atom. The third-order valence-electron chi connectivity index (χ3n) is 2.80. The summed E-state index contributed by atoms with van der Waals surface area (Å²) in [6.07, 6.45) is -3.43. The summed E-state index contributed by atoms with van der Waals surface area (Å²) in [6.45, 7) is 0. The average molecular weight is 316 g/mol. The second-order valence-corrected chi connectivity index (χ2v) is 4.47. The Morgan fingerprint density at radius 1 is 1.24 bits per heavy atom. The van der Waals surface area contributed by atoms with Gasteiger partial charge in [0, 0.05) is 11.8 Å². The van der Waals surface area contributed by atoms with Gasteiger partial charge in [-0.25, -0.2) is 9.78 Å². The summed E-state index contributed by atoms with van der Waals surface area (Å²) >= 11 is 5.69. The molecule has 0 atom stereocenters. The van der Waals surface area contributed by atoms with Crippen molar-refractivity contribution in [1.82, 2.24) is 4.98 Å². The van der Waals surface area contributed by atoms with Gasteiger partial charge in [0.15, 0.2) is 0 Å². The molecule has 0 spiro atoms. The monoisotopic (exact) mass is 315 g/mol. The lowest BCUT2D eigenvalue weighted by molar-refractivity contribution is -0.137. The highest BCUT2D eigenvalue weighted by Crippen LogP contribution is 2.38. The second-order valence-electron chi connectivity index (χ2n) is 4.09. The van der Waals surface area contributed by atoms with E-state index < -0.39 is 17.7 Å². The Labute approximate surface area is 123 Å². The average Bonchev–Trinajstić information content (AvgIpc) is 2.45. The van der Waals surface area contributed by atoms with Crippen LogP contribution in [-0.2, 0) is 10.9 Å². The predicted molar refractivity (Wildman–Crippen MR) is 71.0 cm³/mol. The van der Waals surface area contributed by atoms with Gasteiger partial charge in [-0.3, -0.25) is 0 Å². The summed E-state index contributed by atoms with van der Waals surface area (Å²) in [7, 11) is 1.14. The highest BCUT2D eigenvalue weighted by Gasteiger charge is 2.34. The van der Waals surface area contributed by atoms with Gasteiger partial charge in [-0.15, -0.1) is 0 Å². The summed E-state index contributed by atoms with van der Waals surface area (Å²) in [4.78, 5) is 15.5.